The van der Waals surface area contributed by atoms with E-state index in [1.807, 2.05) is 6.07 Å². The summed E-state index contributed by atoms with van der Waals surface area (Å²) in [6.45, 7) is 7.54. The Morgan fingerprint density at radius 3 is 2.83 bits per heavy atom. The number of carbonyl (C=O) groups excluding carboxylic acids is 1. The molecule has 0 fully saturated rings. The summed E-state index contributed by atoms with van der Waals surface area (Å²) in [6.07, 6.45) is 1.13. The third-order valence-corrected chi connectivity index (χ3v) is 2.41. The van der Waals surface area contributed by atoms with Gasteiger partial charge in [-0.05, 0) is 19.1 Å². The SMILES string of the molecule is CC(C)NCCOC(C)C(=O)NCc1ccco1. The van der Waals surface area contributed by atoms with Gasteiger partial charge in [-0.25, -0.2) is 0 Å². The zero-order valence-electron chi connectivity index (χ0n) is 11.2. The molecule has 0 saturated carbocycles. The Kier molecular flexibility index (Phi) is 6.46. The zero-order chi connectivity index (χ0) is 13.4. The largest absolute Gasteiger partial charge is 0.467 e. The van der Waals surface area contributed by atoms with Crippen LogP contribution in [0.25, 0.3) is 0 Å². The second kappa shape index (κ2) is 7.89. The van der Waals surface area contributed by atoms with Crippen LogP contribution in [-0.2, 0) is 16.1 Å². The minimum atomic E-state index is -0.450. The second-order valence-corrected chi connectivity index (χ2v) is 4.42. The molecule has 1 amide bonds. The molecule has 0 radical (unpaired) electrons. The van der Waals surface area contributed by atoms with E-state index >= 15 is 0 Å². The quantitative estimate of drug-likeness (QED) is 0.686. The molecule has 2 N–H and O–H groups in total. The van der Waals surface area contributed by atoms with Crippen molar-refractivity contribution in [1.82, 2.24) is 10.6 Å². The maximum atomic E-state index is 11.7. The van der Waals surface area contributed by atoms with Gasteiger partial charge in [0.1, 0.15) is 11.9 Å². The van der Waals surface area contributed by atoms with Crippen molar-refractivity contribution in [2.45, 2.75) is 39.5 Å². The highest BCUT2D eigenvalue weighted by Crippen LogP contribution is 1.99. The number of furan rings is 1. The molecule has 102 valence electrons. The second-order valence-electron chi connectivity index (χ2n) is 4.42. The molecule has 0 bridgehead atoms. The van der Waals surface area contributed by atoms with Crippen LogP contribution in [0, 0.1) is 0 Å². The van der Waals surface area contributed by atoms with Crippen LogP contribution >= 0.6 is 0 Å². The Hall–Kier alpha value is -1.33. The highest BCUT2D eigenvalue weighted by Gasteiger charge is 2.12. The fraction of sp³-hybridized carbons (Fsp3) is 0.615. The van der Waals surface area contributed by atoms with Crippen LogP contribution in [0.2, 0.25) is 0 Å². The molecular formula is C13H22N2O3. The standard InChI is InChI=1S/C13H22N2O3/c1-10(2)14-6-8-17-11(3)13(16)15-9-12-5-4-7-18-12/h4-5,7,10-11,14H,6,8-9H2,1-3H3,(H,15,16). The molecule has 1 aromatic heterocycles. The van der Waals surface area contributed by atoms with Crippen molar-refractivity contribution < 1.29 is 13.9 Å². The third-order valence-electron chi connectivity index (χ3n) is 2.41. The number of rotatable bonds is 8. The van der Waals surface area contributed by atoms with Gasteiger partial charge in [-0.2, -0.15) is 0 Å². The smallest absolute Gasteiger partial charge is 0.249 e. The molecule has 1 aromatic rings. The third kappa shape index (κ3) is 5.84. The van der Waals surface area contributed by atoms with Gasteiger partial charge < -0.3 is 19.8 Å². The van der Waals surface area contributed by atoms with Crippen molar-refractivity contribution in [1.29, 1.82) is 0 Å². The van der Waals surface area contributed by atoms with Gasteiger partial charge in [0.25, 0.3) is 0 Å². The molecule has 0 spiro atoms. The Morgan fingerprint density at radius 1 is 1.44 bits per heavy atom. The van der Waals surface area contributed by atoms with Gasteiger partial charge in [0, 0.05) is 12.6 Å². The predicted octanol–water partition coefficient (Wildman–Crippen LogP) is 1.30. The van der Waals surface area contributed by atoms with Gasteiger partial charge in [-0.15, -0.1) is 0 Å². The van der Waals surface area contributed by atoms with E-state index < -0.39 is 6.10 Å². The molecule has 5 nitrogen and oxygen atoms in total. The maximum Gasteiger partial charge on any atom is 0.249 e. The number of amides is 1. The summed E-state index contributed by atoms with van der Waals surface area (Å²) in [5.74, 6) is 0.605. The van der Waals surface area contributed by atoms with Crippen molar-refractivity contribution in [3.05, 3.63) is 24.2 Å². The van der Waals surface area contributed by atoms with E-state index in [1.165, 1.54) is 0 Å². The van der Waals surface area contributed by atoms with E-state index in [-0.39, 0.29) is 5.91 Å². The molecular weight excluding hydrogens is 232 g/mol. The summed E-state index contributed by atoms with van der Waals surface area (Å²) in [5, 5.41) is 5.98. The number of hydrogen-bond acceptors (Lipinski definition) is 4. The monoisotopic (exact) mass is 254 g/mol. The zero-order valence-corrected chi connectivity index (χ0v) is 11.2. The van der Waals surface area contributed by atoms with Gasteiger partial charge in [0.05, 0.1) is 19.4 Å². The van der Waals surface area contributed by atoms with Crippen molar-refractivity contribution >= 4 is 5.91 Å². The van der Waals surface area contributed by atoms with Crippen molar-refractivity contribution in [3.8, 4) is 0 Å². The lowest BCUT2D eigenvalue weighted by molar-refractivity contribution is -0.131. The maximum absolute atomic E-state index is 11.7. The molecule has 18 heavy (non-hydrogen) atoms. The first-order valence-corrected chi connectivity index (χ1v) is 6.24. The molecule has 0 aliphatic heterocycles. The molecule has 0 aliphatic rings. The van der Waals surface area contributed by atoms with Crippen LogP contribution in [0.4, 0.5) is 0 Å². The number of hydrogen-bond donors (Lipinski definition) is 2. The van der Waals surface area contributed by atoms with Crippen LogP contribution < -0.4 is 10.6 Å². The van der Waals surface area contributed by atoms with E-state index in [9.17, 15) is 4.79 Å². The van der Waals surface area contributed by atoms with Crippen molar-refractivity contribution in [3.63, 3.8) is 0 Å². The summed E-state index contributed by atoms with van der Waals surface area (Å²) < 4.78 is 10.5. The fourth-order valence-corrected chi connectivity index (χ4v) is 1.39. The fourth-order valence-electron chi connectivity index (χ4n) is 1.39. The molecule has 0 aliphatic carbocycles. The Labute approximate surface area is 108 Å². The van der Waals surface area contributed by atoms with E-state index in [0.29, 0.717) is 19.2 Å². The predicted molar refractivity (Wildman–Crippen MR) is 69.1 cm³/mol. The topological polar surface area (TPSA) is 63.5 Å². The molecule has 1 heterocycles. The van der Waals surface area contributed by atoms with E-state index in [4.69, 9.17) is 9.15 Å². The average molecular weight is 254 g/mol. The van der Waals surface area contributed by atoms with Gasteiger partial charge in [-0.1, -0.05) is 13.8 Å². The van der Waals surface area contributed by atoms with Crippen molar-refractivity contribution in [2.75, 3.05) is 13.2 Å². The number of nitrogens with one attached hydrogen (secondary N) is 2. The molecule has 5 heteroatoms. The Balaban J connectivity index is 2.12. The van der Waals surface area contributed by atoms with Crippen LogP contribution in [0.15, 0.2) is 22.8 Å². The van der Waals surface area contributed by atoms with E-state index in [1.54, 1.807) is 19.3 Å². The lowest BCUT2D eigenvalue weighted by atomic mass is 10.3. The number of ether oxygens (including phenoxy) is 1. The number of carbonyl (C=O) groups is 1. The highest BCUT2D eigenvalue weighted by atomic mass is 16.5. The van der Waals surface area contributed by atoms with Gasteiger partial charge >= 0.3 is 0 Å². The first kappa shape index (κ1) is 14.7. The van der Waals surface area contributed by atoms with E-state index in [0.717, 1.165) is 12.3 Å². The van der Waals surface area contributed by atoms with Gasteiger partial charge in [0.15, 0.2) is 0 Å². The molecule has 1 unspecified atom stereocenters. The Bertz CT molecular complexity index is 336. The highest BCUT2D eigenvalue weighted by molar-refractivity contribution is 5.80. The van der Waals surface area contributed by atoms with Crippen LogP contribution in [0.1, 0.15) is 26.5 Å². The minimum absolute atomic E-state index is 0.129. The summed E-state index contributed by atoms with van der Waals surface area (Å²) >= 11 is 0. The summed E-state index contributed by atoms with van der Waals surface area (Å²) in [4.78, 5) is 11.7. The summed E-state index contributed by atoms with van der Waals surface area (Å²) in [6, 6.07) is 4.04. The Morgan fingerprint density at radius 2 is 2.22 bits per heavy atom. The van der Waals surface area contributed by atoms with Crippen LogP contribution in [0.5, 0.6) is 0 Å². The van der Waals surface area contributed by atoms with E-state index in [2.05, 4.69) is 24.5 Å². The first-order valence-electron chi connectivity index (χ1n) is 6.24. The van der Waals surface area contributed by atoms with Crippen LogP contribution in [0.3, 0.4) is 0 Å². The van der Waals surface area contributed by atoms with Crippen LogP contribution in [-0.4, -0.2) is 31.2 Å². The van der Waals surface area contributed by atoms with Gasteiger partial charge in [0.2, 0.25) is 5.91 Å². The normalized spacial score (nSPS) is 12.7. The molecule has 0 saturated heterocycles. The lowest BCUT2D eigenvalue weighted by Gasteiger charge is -2.14. The summed E-state index contributed by atoms with van der Waals surface area (Å²) in [7, 11) is 0. The first-order chi connectivity index (χ1) is 8.59. The summed E-state index contributed by atoms with van der Waals surface area (Å²) in [5.41, 5.74) is 0. The lowest BCUT2D eigenvalue weighted by Crippen LogP contribution is -2.36. The van der Waals surface area contributed by atoms with Gasteiger partial charge in [-0.3, -0.25) is 4.79 Å². The molecule has 1 rings (SSSR count). The minimum Gasteiger partial charge on any atom is -0.467 e. The average Bonchev–Trinajstić information content (AvgIpc) is 2.84. The molecule has 0 aromatic carbocycles. The molecule has 1 atom stereocenters. The van der Waals surface area contributed by atoms with Crippen molar-refractivity contribution in [2.24, 2.45) is 0 Å².